The molecule has 134 valence electrons. The summed E-state index contributed by atoms with van der Waals surface area (Å²) < 4.78 is 0.864. The van der Waals surface area contributed by atoms with E-state index in [1.165, 1.54) is 11.3 Å². The molecule has 0 saturated carbocycles. The normalized spacial score (nSPS) is 11.8. The molecule has 0 unspecified atom stereocenters. The van der Waals surface area contributed by atoms with E-state index in [1.807, 2.05) is 18.2 Å². The lowest BCUT2D eigenvalue weighted by molar-refractivity contribution is 0.0959. The lowest BCUT2D eigenvalue weighted by Crippen LogP contribution is -2.19. The van der Waals surface area contributed by atoms with Crippen molar-refractivity contribution in [3.8, 4) is 0 Å². The molecule has 0 saturated heterocycles. The molecule has 3 rings (SSSR count). The standard InChI is InChI=1S/C19H15Cl3N2OS/c1-2-3-15(11-4-6-12(20)7-5-11)23-24-19(25)18-17(22)14-9-8-13(21)10-16(14)26-18/h4-10H,2-3H2,1H3,(H,24,25). The van der Waals surface area contributed by atoms with Crippen LogP contribution in [0.4, 0.5) is 0 Å². The second kappa shape index (κ2) is 8.40. The maximum absolute atomic E-state index is 12.6. The van der Waals surface area contributed by atoms with Crippen molar-refractivity contribution in [3.05, 3.63) is 68.0 Å². The molecule has 0 atom stereocenters. The number of halogens is 3. The number of fused-ring (bicyclic) bond motifs is 1. The largest absolute Gasteiger partial charge is 0.283 e. The van der Waals surface area contributed by atoms with Gasteiger partial charge >= 0.3 is 0 Å². The highest BCUT2D eigenvalue weighted by atomic mass is 35.5. The first-order valence-corrected chi connectivity index (χ1v) is 9.95. The minimum atomic E-state index is -0.338. The number of hydrogen-bond donors (Lipinski definition) is 1. The highest BCUT2D eigenvalue weighted by Gasteiger charge is 2.17. The molecule has 0 spiro atoms. The van der Waals surface area contributed by atoms with Gasteiger partial charge in [0, 0.05) is 20.1 Å². The molecule has 3 nitrogen and oxygen atoms in total. The van der Waals surface area contributed by atoms with Crippen LogP contribution < -0.4 is 5.43 Å². The maximum Gasteiger partial charge on any atom is 0.283 e. The van der Waals surface area contributed by atoms with Gasteiger partial charge in [-0.1, -0.05) is 66.3 Å². The van der Waals surface area contributed by atoms with Crippen LogP contribution in [-0.2, 0) is 0 Å². The minimum absolute atomic E-state index is 0.338. The van der Waals surface area contributed by atoms with Crippen LogP contribution in [0.1, 0.15) is 35.0 Å². The molecule has 2 aromatic carbocycles. The molecular formula is C19H15Cl3N2OS. The van der Waals surface area contributed by atoms with Gasteiger partial charge in [-0.2, -0.15) is 5.10 Å². The third kappa shape index (κ3) is 4.21. The second-order valence-electron chi connectivity index (χ2n) is 5.64. The molecule has 1 aromatic heterocycles. The Morgan fingerprint density at radius 2 is 1.77 bits per heavy atom. The van der Waals surface area contributed by atoms with Gasteiger partial charge in [0.1, 0.15) is 4.88 Å². The minimum Gasteiger partial charge on any atom is -0.266 e. The lowest BCUT2D eigenvalue weighted by Gasteiger charge is -2.06. The van der Waals surface area contributed by atoms with Crippen LogP contribution in [0.25, 0.3) is 10.1 Å². The third-order valence-electron chi connectivity index (χ3n) is 3.75. The zero-order chi connectivity index (χ0) is 18.7. The van der Waals surface area contributed by atoms with Gasteiger partial charge < -0.3 is 0 Å². The number of hydrogen-bond acceptors (Lipinski definition) is 3. The average Bonchev–Trinajstić information content (AvgIpc) is 2.95. The average molecular weight is 426 g/mol. The van der Waals surface area contributed by atoms with E-state index in [4.69, 9.17) is 34.8 Å². The SMILES string of the molecule is CCCC(=NNC(=O)c1sc2cc(Cl)ccc2c1Cl)c1ccc(Cl)cc1. The molecular weight excluding hydrogens is 411 g/mol. The summed E-state index contributed by atoms with van der Waals surface area (Å²) in [5, 5.41) is 6.80. The number of carbonyl (C=O) groups is 1. The zero-order valence-electron chi connectivity index (χ0n) is 13.9. The first-order chi connectivity index (χ1) is 12.5. The van der Waals surface area contributed by atoms with E-state index in [1.54, 1.807) is 24.3 Å². The predicted molar refractivity (Wildman–Crippen MR) is 112 cm³/mol. The number of nitrogens with zero attached hydrogens (tertiary/aromatic N) is 1. The lowest BCUT2D eigenvalue weighted by atomic mass is 10.1. The molecule has 0 fully saturated rings. The first-order valence-electron chi connectivity index (χ1n) is 8.00. The number of rotatable bonds is 5. The van der Waals surface area contributed by atoms with Crippen molar-refractivity contribution in [1.82, 2.24) is 5.43 Å². The number of nitrogens with one attached hydrogen (secondary N) is 1. The van der Waals surface area contributed by atoms with Crippen LogP contribution in [0.3, 0.4) is 0 Å². The summed E-state index contributed by atoms with van der Waals surface area (Å²) in [4.78, 5) is 13.0. The molecule has 0 aliphatic rings. The van der Waals surface area contributed by atoms with Crippen molar-refractivity contribution in [2.75, 3.05) is 0 Å². The first kappa shape index (κ1) is 19.2. The summed E-state index contributed by atoms with van der Waals surface area (Å²) >= 11 is 19.6. The number of benzene rings is 2. The second-order valence-corrected chi connectivity index (χ2v) is 7.95. The molecule has 1 N–H and O–H groups in total. The summed E-state index contributed by atoms with van der Waals surface area (Å²) in [6, 6.07) is 12.7. The van der Waals surface area contributed by atoms with Crippen LogP contribution in [0.15, 0.2) is 47.6 Å². The number of hydrazone groups is 1. The molecule has 0 aliphatic carbocycles. The van der Waals surface area contributed by atoms with Gasteiger partial charge in [0.15, 0.2) is 0 Å². The van der Waals surface area contributed by atoms with Crippen molar-refractivity contribution in [3.63, 3.8) is 0 Å². The summed E-state index contributed by atoms with van der Waals surface area (Å²) in [6.45, 7) is 2.06. The van der Waals surface area contributed by atoms with Crippen LogP contribution in [0, 0.1) is 0 Å². The smallest absolute Gasteiger partial charge is 0.266 e. The fraction of sp³-hybridized carbons (Fsp3) is 0.158. The van der Waals surface area contributed by atoms with Crippen molar-refractivity contribution >= 4 is 67.8 Å². The molecule has 0 radical (unpaired) electrons. The Kier molecular flexibility index (Phi) is 6.20. The monoisotopic (exact) mass is 424 g/mol. The fourth-order valence-electron chi connectivity index (χ4n) is 2.50. The Morgan fingerprint density at radius 3 is 2.46 bits per heavy atom. The van der Waals surface area contributed by atoms with E-state index >= 15 is 0 Å². The molecule has 1 heterocycles. The molecule has 1 amide bonds. The van der Waals surface area contributed by atoms with Crippen molar-refractivity contribution in [2.45, 2.75) is 19.8 Å². The van der Waals surface area contributed by atoms with Crippen LogP contribution in [-0.4, -0.2) is 11.6 Å². The number of thiophene rings is 1. The third-order valence-corrected chi connectivity index (χ3v) is 5.90. The number of carbonyl (C=O) groups excluding carboxylic acids is 1. The Balaban J connectivity index is 1.87. The molecule has 26 heavy (non-hydrogen) atoms. The summed E-state index contributed by atoms with van der Waals surface area (Å²) in [7, 11) is 0. The van der Waals surface area contributed by atoms with E-state index < -0.39 is 0 Å². The predicted octanol–water partition coefficient (Wildman–Crippen LogP) is 6.80. The van der Waals surface area contributed by atoms with Crippen molar-refractivity contribution in [2.24, 2.45) is 5.10 Å². The Labute approximate surface area is 170 Å². The Hall–Kier alpha value is -1.59. The summed E-state index contributed by atoms with van der Waals surface area (Å²) in [5.74, 6) is -0.338. The molecule has 7 heteroatoms. The zero-order valence-corrected chi connectivity index (χ0v) is 16.9. The molecule has 3 aromatic rings. The van der Waals surface area contributed by atoms with Crippen LogP contribution >= 0.6 is 46.1 Å². The molecule has 0 bridgehead atoms. The Bertz CT molecular complexity index is 980. The van der Waals surface area contributed by atoms with Gasteiger partial charge in [0.25, 0.3) is 5.91 Å². The van der Waals surface area contributed by atoms with Crippen LogP contribution in [0.2, 0.25) is 15.1 Å². The van der Waals surface area contributed by atoms with Gasteiger partial charge in [-0.3, -0.25) is 4.79 Å². The van der Waals surface area contributed by atoms with Gasteiger partial charge in [-0.15, -0.1) is 11.3 Å². The quantitative estimate of drug-likeness (QED) is 0.354. The fourth-order valence-corrected chi connectivity index (χ4v) is 4.31. The molecule has 0 aliphatic heterocycles. The van der Waals surface area contributed by atoms with Crippen LogP contribution in [0.5, 0.6) is 0 Å². The van der Waals surface area contributed by atoms with Crippen molar-refractivity contribution < 1.29 is 4.79 Å². The highest BCUT2D eigenvalue weighted by Crippen LogP contribution is 2.36. The summed E-state index contributed by atoms with van der Waals surface area (Å²) in [5.41, 5.74) is 4.33. The van der Waals surface area contributed by atoms with Gasteiger partial charge in [-0.25, -0.2) is 5.43 Å². The topological polar surface area (TPSA) is 41.5 Å². The van der Waals surface area contributed by atoms with E-state index in [9.17, 15) is 4.79 Å². The summed E-state index contributed by atoms with van der Waals surface area (Å²) in [6.07, 6.45) is 1.64. The van der Waals surface area contributed by atoms with E-state index in [2.05, 4.69) is 17.5 Å². The maximum atomic E-state index is 12.6. The van der Waals surface area contributed by atoms with Gasteiger partial charge in [0.2, 0.25) is 0 Å². The van der Waals surface area contributed by atoms with E-state index in [0.717, 1.165) is 34.2 Å². The Morgan fingerprint density at radius 1 is 1.08 bits per heavy atom. The van der Waals surface area contributed by atoms with Crippen molar-refractivity contribution in [1.29, 1.82) is 0 Å². The van der Waals surface area contributed by atoms with E-state index in [-0.39, 0.29) is 5.91 Å². The highest BCUT2D eigenvalue weighted by molar-refractivity contribution is 7.21. The van der Waals surface area contributed by atoms with Gasteiger partial charge in [0.05, 0.1) is 10.7 Å². The van der Waals surface area contributed by atoms with E-state index in [0.29, 0.717) is 19.9 Å². The van der Waals surface area contributed by atoms with Gasteiger partial charge in [-0.05, 0) is 36.2 Å². The number of amides is 1.